The van der Waals surface area contributed by atoms with Gasteiger partial charge in [0.1, 0.15) is 0 Å². The third-order valence-corrected chi connectivity index (χ3v) is 5.12. The number of carbonyl (C=O) groups excluding carboxylic acids is 1. The van der Waals surface area contributed by atoms with Crippen molar-refractivity contribution in [1.82, 2.24) is 5.32 Å². The molecule has 0 radical (unpaired) electrons. The quantitative estimate of drug-likeness (QED) is 0.777. The molecular formula is C19H17ClN2OS. The van der Waals surface area contributed by atoms with Crippen molar-refractivity contribution in [3.8, 4) is 0 Å². The van der Waals surface area contributed by atoms with Gasteiger partial charge in [-0.1, -0.05) is 48.9 Å². The summed E-state index contributed by atoms with van der Waals surface area (Å²) in [5, 5.41) is 4.04. The fraction of sp³-hybridized carbons (Fsp3) is 0.158. The normalized spacial score (nSPS) is 17.5. The molecule has 0 unspecified atom stereocenters. The van der Waals surface area contributed by atoms with Crippen LogP contribution < -0.4 is 5.32 Å². The first-order valence-corrected chi connectivity index (χ1v) is 8.90. The largest absolute Gasteiger partial charge is 0.300 e. The van der Waals surface area contributed by atoms with Crippen LogP contribution in [0.2, 0.25) is 5.02 Å². The van der Waals surface area contributed by atoms with Crippen molar-refractivity contribution in [3.05, 3.63) is 69.1 Å². The molecule has 1 amide bonds. The van der Waals surface area contributed by atoms with Crippen LogP contribution in [0.25, 0.3) is 6.08 Å². The molecule has 1 aliphatic heterocycles. The lowest BCUT2D eigenvalue weighted by atomic mass is 10.1. The van der Waals surface area contributed by atoms with E-state index in [-0.39, 0.29) is 5.91 Å². The first kappa shape index (κ1) is 16.8. The Labute approximate surface area is 150 Å². The molecule has 0 aliphatic carbocycles. The van der Waals surface area contributed by atoms with Crippen molar-refractivity contribution in [1.29, 1.82) is 0 Å². The van der Waals surface area contributed by atoms with Crippen LogP contribution in [0.3, 0.4) is 0 Å². The monoisotopic (exact) mass is 356 g/mol. The number of carbonyl (C=O) groups is 1. The van der Waals surface area contributed by atoms with Crippen molar-refractivity contribution < 1.29 is 4.79 Å². The average Bonchev–Trinajstić information content (AvgIpc) is 2.92. The zero-order chi connectivity index (χ0) is 17.1. The second-order valence-electron chi connectivity index (χ2n) is 5.46. The van der Waals surface area contributed by atoms with Gasteiger partial charge in [-0.3, -0.25) is 4.79 Å². The lowest BCUT2D eigenvalue weighted by Crippen LogP contribution is -2.19. The maximum Gasteiger partial charge on any atom is 0.264 e. The number of aryl methyl sites for hydroxylation is 1. The topological polar surface area (TPSA) is 41.5 Å². The number of halogens is 1. The minimum absolute atomic E-state index is 0.127. The lowest BCUT2D eigenvalue weighted by Gasteiger charge is -2.02. The third-order valence-electron chi connectivity index (χ3n) is 3.80. The molecule has 1 aliphatic rings. The number of aliphatic imine (C=N–C) groups is 1. The van der Waals surface area contributed by atoms with Crippen molar-refractivity contribution in [3.63, 3.8) is 0 Å². The fourth-order valence-electron chi connectivity index (χ4n) is 2.31. The molecule has 3 nitrogen and oxygen atoms in total. The van der Waals surface area contributed by atoms with Gasteiger partial charge >= 0.3 is 0 Å². The van der Waals surface area contributed by atoms with Gasteiger partial charge in [-0.05, 0) is 60.0 Å². The third kappa shape index (κ3) is 3.71. The van der Waals surface area contributed by atoms with Gasteiger partial charge in [0.05, 0.1) is 10.6 Å². The molecule has 3 rings (SSSR count). The molecule has 0 atom stereocenters. The van der Waals surface area contributed by atoms with Crippen molar-refractivity contribution in [2.24, 2.45) is 4.99 Å². The van der Waals surface area contributed by atoms with Gasteiger partial charge in [-0.15, -0.1) is 0 Å². The van der Waals surface area contributed by atoms with Gasteiger partial charge in [-0.25, -0.2) is 4.99 Å². The Balaban J connectivity index is 1.83. The summed E-state index contributed by atoms with van der Waals surface area (Å²) >= 11 is 7.45. The summed E-state index contributed by atoms with van der Waals surface area (Å²) in [6.07, 6.45) is 2.88. The number of nitrogens with one attached hydrogen (secondary N) is 1. The number of thioether (sulfide) groups is 1. The number of amides is 1. The average molecular weight is 357 g/mol. The number of benzene rings is 2. The second-order valence-corrected chi connectivity index (χ2v) is 6.90. The molecule has 0 saturated carbocycles. The van der Waals surface area contributed by atoms with Gasteiger partial charge in [0, 0.05) is 5.02 Å². The molecule has 1 saturated heterocycles. The summed E-state index contributed by atoms with van der Waals surface area (Å²) in [6.45, 7) is 4.03. The van der Waals surface area contributed by atoms with Gasteiger partial charge < -0.3 is 5.32 Å². The van der Waals surface area contributed by atoms with Crippen LogP contribution in [-0.4, -0.2) is 11.1 Å². The van der Waals surface area contributed by atoms with E-state index in [9.17, 15) is 4.79 Å². The Bertz CT molecular complexity index is 841. The predicted octanol–water partition coefficient (Wildman–Crippen LogP) is 5.10. The van der Waals surface area contributed by atoms with Crippen molar-refractivity contribution in [2.75, 3.05) is 0 Å². The summed E-state index contributed by atoms with van der Waals surface area (Å²) in [5.74, 6) is -0.127. The van der Waals surface area contributed by atoms with E-state index in [4.69, 9.17) is 11.6 Å². The van der Waals surface area contributed by atoms with E-state index in [0.717, 1.165) is 23.2 Å². The Kier molecular flexibility index (Phi) is 5.07. The molecular weight excluding hydrogens is 340 g/mol. The fourth-order valence-corrected chi connectivity index (χ4v) is 3.31. The van der Waals surface area contributed by atoms with E-state index in [2.05, 4.69) is 29.4 Å². The molecule has 1 heterocycles. The van der Waals surface area contributed by atoms with E-state index in [1.165, 1.54) is 17.3 Å². The number of hydrogen-bond donors (Lipinski definition) is 1. The molecule has 0 bridgehead atoms. The van der Waals surface area contributed by atoms with E-state index < -0.39 is 0 Å². The summed E-state index contributed by atoms with van der Waals surface area (Å²) < 4.78 is 0. The summed E-state index contributed by atoms with van der Waals surface area (Å²) in [5.41, 5.74) is 3.94. The SMILES string of the molecule is CCc1ccc(/C=C2/SC(=Nc3cccc(Cl)c3C)NC2=O)cc1. The van der Waals surface area contributed by atoms with Crippen LogP contribution in [0.4, 0.5) is 5.69 Å². The maximum atomic E-state index is 12.1. The van der Waals surface area contributed by atoms with Gasteiger partial charge in [0.25, 0.3) is 5.91 Å². The molecule has 0 spiro atoms. The van der Waals surface area contributed by atoms with E-state index in [1.807, 2.05) is 43.3 Å². The van der Waals surface area contributed by atoms with Crippen LogP contribution >= 0.6 is 23.4 Å². The van der Waals surface area contributed by atoms with E-state index in [1.54, 1.807) is 0 Å². The second kappa shape index (κ2) is 7.24. The number of rotatable bonds is 3. The van der Waals surface area contributed by atoms with Crippen LogP contribution in [0.5, 0.6) is 0 Å². The Morgan fingerprint density at radius 2 is 1.96 bits per heavy atom. The first-order chi connectivity index (χ1) is 11.6. The summed E-state index contributed by atoms with van der Waals surface area (Å²) in [6, 6.07) is 13.8. The summed E-state index contributed by atoms with van der Waals surface area (Å²) in [7, 11) is 0. The molecule has 1 fully saturated rings. The molecule has 5 heteroatoms. The highest BCUT2D eigenvalue weighted by Crippen LogP contribution is 2.31. The smallest absolute Gasteiger partial charge is 0.264 e. The highest BCUT2D eigenvalue weighted by Gasteiger charge is 2.24. The summed E-state index contributed by atoms with van der Waals surface area (Å²) in [4.78, 5) is 17.3. The number of hydrogen-bond acceptors (Lipinski definition) is 3. The van der Waals surface area contributed by atoms with Crippen molar-refractivity contribution >= 4 is 46.2 Å². The van der Waals surface area contributed by atoms with Crippen LogP contribution in [0.1, 0.15) is 23.6 Å². The first-order valence-electron chi connectivity index (χ1n) is 7.70. The Morgan fingerprint density at radius 1 is 1.21 bits per heavy atom. The van der Waals surface area contributed by atoms with Crippen molar-refractivity contribution in [2.45, 2.75) is 20.3 Å². The van der Waals surface area contributed by atoms with Crippen LogP contribution in [-0.2, 0) is 11.2 Å². The number of amidine groups is 1. The highest BCUT2D eigenvalue weighted by atomic mass is 35.5. The molecule has 1 N–H and O–H groups in total. The van der Waals surface area contributed by atoms with E-state index in [0.29, 0.717) is 15.1 Å². The standard InChI is InChI=1S/C19H17ClN2OS/c1-3-13-7-9-14(10-8-13)11-17-18(23)22-19(24-17)21-16-6-4-5-15(20)12(16)2/h4-11H,3H2,1-2H3,(H,21,22,23)/b17-11+. The lowest BCUT2D eigenvalue weighted by molar-refractivity contribution is -0.115. The molecule has 24 heavy (non-hydrogen) atoms. The minimum Gasteiger partial charge on any atom is -0.300 e. The zero-order valence-electron chi connectivity index (χ0n) is 13.5. The zero-order valence-corrected chi connectivity index (χ0v) is 15.0. The Hall–Kier alpha value is -2.04. The van der Waals surface area contributed by atoms with Crippen LogP contribution in [0.15, 0.2) is 52.4 Å². The van der Waals surface area contributed by atoms with E-state index >= 15 is 0 Å². The highest BCUT2D eigenvalue weighted by molar-refractivity contribution is 8.18. The van der Waals surface area contributed by atoms with Gasteiger partial charge in [0.2, 0.25) is 0 Å². The van der Waals surface area contributed by atoms with Crippen LogP contribution in [0, 0.1) is 6.92 Å². The molecule has 0 aromatic heterocycles. The van der Waals surface area contributed by atoms with Gasteiger partial charge in [0.15, 0.2) is 5.17 Å². The molecule has 2 aromatic rings. The molecule has 2 aromatic carbocycles. The predicted molar refractivity (Wildman–Crippen MR) is 103 cm³/mol. The maximum absolute atomic E-state index is 12.1. The number of nitrogens with zero attached hydrogens (tertiary/aromatic N) is 1. The Morgan fingerprint density at radius 3 is 2.67 bits per heavy atom. The van der Waals surface area contributed by atoms with Gasteiger partial charge in [-0.2, -0.15) is 0 Å². The molecule has 122 valence electrons. The minimum atomic E-state index is -0.127.